The van der Waals surface area contributed by atoms with E-state index in [0.29, 0.717) is 18.3 Å². The molecule has 2 aromatic rings. The second-order valence-corrected chi connectivity index (χ2v) is 3.62. The van der Waals surface area contributed by atoms with Crippen LogP contribution in [0.4, 0.5) is 5.82 Å². The van der Waals surface area contributed by atoms with Crippen molar-refractivity contribution in [1.82, 2.24) is 9.97 Å². The summed E-state index contributed by atoms with van der Waals surface area (Å²) in [5, 5.41) is 2.91. The molecule has 0 unspecified atom stereocenters. The summed E-state index contributed by atoms with van der Waals surface area (Å²) in [7, 11) is 1.79. The molecule has 4 nitrogen and oxygen atoms in total. The van der Waals surface area contributed by atoms with Crippen LogP contribution in [0, 0.1) is 0 Å². The van der Waals surface area contributed by atoms with Gasteiger partial charge in [-0.1, -0.05) is 36.4 Å². The highest BCUT2D eigenvalue weighted by Crippen LogP contribution is 2.08. The molecule has 0 saturated heterocycles. The monoisotopic (exact) mass is 241 g/mol. The summed E-state index contributed by atoms with van der Waals surface area (Å²) < 4.78 is 5.47. The van der Waals surface area contributed by atoms with Gasteiger partial charge in [0, 0.05) is 7.05 Å². The van der Waals surface area contributed by atoms with Crippen LogP contribution in [0.3, 0.4) is 0 Å². The maximum absolute atomic E-state index is 5.47. The van der Waals surface area contributed by atoms with Crippen LogP contribution in [0.15, 0.2) is 48.8 Å². The van der Waals surface area contributed by atoms with Gasteiger partial charge in [0.1, 0.15) is 12.4 Å². The molecule has 2 rings (SSSR count). The van der Waals surface area contributed by atoms with E-state index in [1.54, 1.807) is 19.4 Å². The molecule has 1 N–H and O–H groups in total. The van der Waals surface area contributed by atoms with Crippen LogP contribution in [-0.4, -0.2) is 23.6 Å². The lowest BCUT2D eigenvalue weighted by molar-refractivity contribution is 0.348. The molecule has 0 aliphatic heterocycles. The van der Waals surface area contributed by atoms with E-state index in [4.69, 9.17) is 4.74 Å². The van der Waals surface area contributed by atoms with Gasteiger partial charge >= 0.3 is 0 Å². The van der Waals surface area contributed by atoms with E-state index in [0.717, 1.165) is 5.56 Å². The van der Waals surface area contributed by atoms with Crippen LogP contribution < -0.4 is 10.1 Å². The number of hydrogen-bond donors (Lipinski definition) is 1. The van der Waals surface area contributed by atoms with E-state index in [2.05, 4.69) is 15.3 Å². The first kappa shape index (κ1) is 12.1. The van der Waals surface area contributed by atoms with Crippen LogP contribution in [0.1, 0.15) is 5.56 Å². The summed E-state index contributed by atoms with van der Waals surface area (Å²) in [6.07, 6.45) is 7.20. The Hall–Kier alpha value is -2.36. The van der Waals surface area contributed by atoms with Gasteiger partial charge < -0.3 is 10.1 Å². The fourth-order valence-electron chi connectivity index (χ4n) is 1.42. The van der Waals surface area contributed by atoms with Gasteiger partial charge in [0.25, 0.3) is 0 Å². The van der Waals surface area contributed by atoms with E-state index in [1.165, 1.54) is 0 Å². The minimum atomic E-state index is 0.469. The molecule has 1 heterocycles. The smallest absolute Gasteiger partial charge is 0.234 e. The van der Waals surface area contributed by atoms with Crippen molar-refractivity contribution in [2.24, 2.45) is 0 Å². The number of rotatable bonds is 5. The zero-order valence-corrected chi connectivity index (χ0v) is 10.2. The number of aromatic nitrogens is 2. The maximum Gasteiger partial charge on any atom is 0.234 e. The Labute approximate surface area is 106 Å². The van der Waals surface area contributed by atoms with Crippen molar-refractivity contribution in [3.8, 4) is 5.88 Å². The first-order chi connectivity index (χ1) is 8.88. The van der Waals surface area contributed by atoms with E-state index in [1.807, 2.05) is 42.5 Å². The third-order valence-electron chi connectivity index (χ3n) is 2.31. The zero-order chi connectivity index (χ0) is 12.6. The number of benzene rings is 1. The molecule has 0 radical (unpaired) electrons. The summed E-state index contributed by atoms with van der Waals surface area (Å²) in [5.41, 5.74) is 1.15. The van der Waals surface area contributed by atoms with Gasteiger partial charge in [0.05, 0.1) is 12.4 Å². The predicted molar refractivity (Wildman–Crippen MR) is 72.5 cm³/mol. The molecule has 0 atom stereocenters. The summed E-state index contributed by atoms with van der Waals surface area (Å²) in [4.78, 5) is 8.22. The Morgan fingerprint density at radius 1 is 1.22 bits per heavy atom. The molecule has 0 saturated carbocycles. The molecule has 1 aromatic heterocycles. The Morgan fingerprint density at radius 2 is 2.06 bits per heavy atom. The summed E-state index contributed by atoms with van der Waals surface area (Å²) in [6.45, 7) is 0.469. The molecule has 0 aliphatic rings. The summed E-state index contributed by atoms with van der Waals surface area (Å²) in [5.74, 6) is 1.21. The Balaban J connectivity index is 1.86. The van der Waals surface area contributed by atoms with Gasteiger partial charge in [-0.3, -0.25) is 4.98 Å². The van der Waals surface area contributed by atoms with Crippen molar-refractivity contribution >= 4 is 11.9 Å². The van der Waals surface area contributed by atoms with Crippen molar-refractivity contribution in [3.63, 3.8) is 0 Å². The topological polar surface area (TPSA) is 47.0 Å². The molecule has 0 aliphatic carbocycles. The molecule has 0 fully saturated rings. The Kier molecular flexibility index (Phi) is 4.30. The van der Waals surface area contributed by atoms with Gasteiger partial charge in [-0.05, 0) is 11.6 Å². The average molecular weight is 241 g/mol. The highest BCUT2D eigenvalue weighted by Gasteiger charge is 1.96. The minimum Gasteiger partial charge on any atom is -0.472 e. The van der Waals surface area contributed by atoms with Crippen LogP contribution in [0.25, 0.3) is 6.08 Å². The van der Waals surface area contributed by atoms with Crippen molar-refractivity contribution in [3.05, 3.63) is 54.4 Å². The quantitative estimate of drug-likeness (QED) is 0.874. The van der Waals surface area contributed by atoms with Crippen LogP contribution in [0.5, 0.6) is 5.88 Å². The lowest BCUT2D eigenvalue weighted by atomic mass is 10.2. The van der Waals surface area contributed by atoms with Crippen molar-refractivity contribution in [2.45, 2.75) is 0 Å². The highest BCUT2D eigenvalue weighted by molar-refractivity contribution is 5.48. The van der Waals surface area contributed by atoms with Crippen molar-refractivity contribution in [1.29, 1.82) is 0 Å². The number of nitrogens with zero attached hydrogens (tertiary/aromatic N) is 2. The molecular formula is C14H15N3O. The van der Waals surface area contributed by atoms with Gasteiger partial charge in [-0.25, -0.2) is 0 Å². The fraction of sp³-hybridized carbons (Fsp3) is 0.143. The minimum absolute atomic E-state index is 0.469. The standard InChI is InChI=1S/C14H15N3O/c1-15-13-10-16-11-14(17-13)18-9-5-8-12-6-3-2-4-7-12/h2-8,10-11H,9H2,1H3,(H,15,17)/b8-5+. The molecule has 0 bridgehead atoms. The van der Waals surface area contributed by atoms with Gasteiger partial charge in [-0.15, -0.1) is 0 Å². The first-order valence-electron chi connectivity index (χ1n) is 5.72. The number of nitrogens with one attached hydrogen (secondary N) is 1. The molecule has 18 heavy (non-hydrogen) atoms. The molecular weight excluding hydrogens is 226 g/mol. The molecule has 92 valence electrons. The maximum atomic E-state index is 5.47. The third kappa shape index (κ3) is 3.59. The van der Waals surface area contributed by atoms with Crippen molar-refractivity contribution < 1.29 is 4.74 Å². The van der Waals surface area contributed by atoms with Crippen LogP contribution in [0.2, 0.25) is 0 Å². The normalized spacial score (nSPS) is 10.5. The lowest BCUT2D eigenvalue weighted by Gasteiger charge is -2.03. The lowest BCUT2D eigenvalue weighted by Crippen LogP contribution is -1.99. The summed E-state index contributed by atoms with van der Waals surface area (Å²) in [6, 6.07) is 10.1. The van der Waals surface area contributed by atoms with Crippen LogP contribution in [-0.2, 0) is 0 Å². The predicted octanol–water partition coefficient (Wildman–Crippen LogP) is 2.61. The van der Waals surface area contributed by atoms with E-state index in [9.17, 15) is 0 Å². The van der Waals surface area contributed by atoms with Crippen LogP contribution >= 0.6 is 0 Å². The van der Waals surface area contributed by atoms with E-state index >= 15 is 0 Å². The Morgan fingerprint density at radius 3 is 2.83 bits per heavy atom. The van der Waals surface area contributed by atoms with Gasteiger partial charge in [0.15, 0.2) is 0 Å². The summed E-state index contributed by atoms with van der Waals surface area (Å²) >= 11 is 0. The average Bonchev–Trinajstić information content (AvgIpc) is 2.45. The number of hydrogen-bond acceptors (Lipinski definition) is 4. The first-order valence-corrected chi connectivity index (χ1v) is 5.72. The Bertz CT molecular complexity index is 511. The highest BCUT2D eigenvalue weighted by atomic mass is 16.5. The van der Waals surface area contributed by atoms with E-state index in [-0.39, 0.29) is 0 Å². The fourth-order valence-corrected chi connectivity index (χ4v) is 1.42. The van der Waals surface area contributed by atoms with Gasteiger partial charge in [-0.2, -0.15) is 4.98 Å². The number of ether oxygens (including phenoxy) is 1. The zero-order valence-electron chi connectivity index (χ0n) is 10.2. The molecule has 4 heteroatoms. The molecule has 1 aromatic carbocycles. The van der Waals surface area contributed by atoms with E-state index < -0.39 is 0 Å². The molecule has 0 spiro atoms. The number of anilines is 1. The molecule has 0 amide bonds. The second-order valence-electron chi connectivity index (χ2n) is 3.62. The van der Waals surface area contributed by atoms with Gasteiger partial charge in [0.2, 0.25) is 5.88 Å². The second kappa shape index (κ2) is 6.39. The van der Waals surface area contributed by atoms with Crippen molar-refractivity contribution in [2.75, 3.05) is 19.0 Å². The SMILES string of the molecule is CNc1cncc(OC/C=C/c2ccccc2)n1. The third-order valence-corrected chi connectivity index (χ3v) is 2.31. The largest absolute Gasteiger partial charge is 0.472 e.